The molecule has 1 aromatic heterocycles. The summed E-state index contributed by atoms with van der Waals surface area (Å²) in [5, 5.41) is 6.49. The van der Waals surface area contributed by atoms with Crippen LogP contribution < -0.4 is 15.4 Å². The fourth-order valence-corrected chi connectivity index (χ4v) is 3.99. The molecule has 2 amide bonds. The molecule has 1 fully saturated rings. The van der Waals surface area contributed by atoms with E-state index in [1.807, 2.05) is 38.1 Å². The second-order valence-corrected chi connectivity index (χ2v) is 8.89. The van der Waals surface area contributed by atoms with Gasteiger partial charge in [0.05, 0.1) is 12.1 Å². The highest BCUT2D eigenvalue weighted by molar-refractivity contribution is 5.97. The van der Waals surface area contributed by atoms with Crippen LogP contribution in [0.25, 0.3) is 17.0 Å². The summed E-state index contributed by atoms with van der Waals surface area (Å²) in [7, 11) is 0. The molecule has 2 aliphatic heterocycles. The van der Waals surface area contributed by atoms with Gasteiger partial charge in [-0.25, -0.2) is 0 Å². The first kappa shape index (κ1) is 19.3. The molecule has 0 aliphatic carbocycles. The Labute approximate surface area is 170 Å². The summed E-state index contributed by atoms with van der Waals surface area (Å²) in [6.45, 7) is 12.2. The van der Waals surface area contributed by atoms with E-state index in [9.17, 15) is 9.59 Å². The maximum atomic E-state index is 12.3. The highest BCUT2D eigenvalue weighted by Crippen LogP contribution is 2.40. The average Bonchev–Trinajstić information content (AvgIpc) is 3.03. The van der Waals surface area contributed by atoms with Gasteiger partial charge in [-0.3, -0.25) is 9.59 Å². The van der Waals surface area contributed by atoms with Crippen molar-refractivity contribution in [3.63, 3.8) is 0 Å². The number of rotatable bonds is 4. The third kappa shape index (κ3) is 3.33. The van der Waals surface area contributed by atoms with Crippen molar-refractivity contribution in [2.45, 2.75) is 51.2 Å². The Hall–Kier alpha value is -3.02. The summed E-state index contributed by atoms with van der Waals surface area (Å²) in [6, 6.07) is 3.40. The van der Waals surface area contributed by atoms with Gasteiger partial charge in [0.1, 0.15) is 17.4 Å². The van der Waals surface area contributed by atoms with E-state index in [2.05, 4.69) is 42.1 Å². The first-order chi connectivity index (χ1) is 13.6. The molecule has 1 saturated heterocycles. The summed E-state index contributed by atoms with van der Waals surface area (Å²) in [6.07, 6.45) is 6.42. The van der Waals surface area contributed by atoms with Gasteiger partial charge in [0.15, 0.2) is 0 Å². The number of H-pyrrole nitrogens is 1. The number of ether oxygens (including phenoxy) is 1. The largest absolute Gasteiger partial charge is 0.483 e. The molecule has 1 atom stereocenters. The summed E-state index contributed by atoms with van der Waals surface area (Å²) in [5.41, 5.74) is 3.26. The van der Waals surface area contributed by atoms with Crippen LogP contribution in [-0.2, 0) is 21.4 Å². The molecule has 0 spiro atoms. The molecule has 0 unspecified atom stereocenters. The normalized spacial score (nSPS) is 20.6. The summed E-state index contributed by atoms with van der Waals surface area (Å²) in [5.74, 6) is 0.489. The maximum absolute atomic E-state index is 12.3. The highest BCUT2D eigenvalue weighted by Gasteiger charge is 2.32. The second-order valence-electron chi connectivity index (χ2n) is 8.89. The predicted octanol–water partition coefficient (Wildman–Crippen LogP) is 2.97. The van der Waals surface area contributed by atoms with Crippen molar-refractivity contribution in [1.29, 1.82) is 0 Å². The van der Waals surface area contributed by atoms with Gasteiger partial charge in [-0.05, 0) is 43.7 Å². The number of hydrogen-bond donors (Lipinski definition) is 3. The Morgan fingerprint density at radius 1 is 1.31 bits per heavy atom. The van der Waals surface area contributed by atoms with Gasteiger partial charge in [-0.15, -0.1) is 6.58 Å². The molecule has 3 N–H and O–H groups in total. The number of carbonyl (C=O) groups is 2. The van der Waals surface area contributed by atoms with E-state index in [1.165, 1.54) is 0 Å². The zero-order chi connectivity index (χ0) is 21.0. The van der Waals surface area contributed by atoms with Gasteiger partial charge in [-0.2, -0.15) is 0 Å². The molecule has 152 valence electrons. The van der Waals surface area contributed by atoms with E-state index in [4.69, 9.17) is 4.74 Å². The lowest BCUT2D eigenvalue weighted by Crippen LogP contribution is -2.57. The van der Waals surface area contributed by atoms with Crippen molar-refractivity contribution in [2.24, 2.45) is 0 Å². The average molecular weight is 393 g/mol. The van der Waals surface area contributed by atoms with Crippen LogP contribution in [0.1, 0.15) is 44.5 Å². The van der Waals surface area contributed by atoms with Crippen LogP contribution in [0, 0.1) is 0 Å². The SMILES string of the molecule is C=CC(C)(C)c1[nH]c2c3c(ccc2c1C[C@@H]1NC(=O)CNC1=O)OC(C)(C)C=C3. The van der Waals surface area contributed by atoms with Crippen LogP contribution in [0.2, 0.25) is 0 Å². The van der Waals surface area contributed by atoms with E-state index in [0.29, 0.717) is 6.42 Å². The number of carbonyl (C=O) groups excluding carboxylic acids is 2. The molecule has 0 saturated carbocycles. The number of piperazine rings is 1. The van der Waals surface area contributed by atoms with Gasteiger partial charge < -0.3 is 20.4 Å². The summed E-state index contributed by atoms with van der Waals surface area (Å²) >= 11 is 0. The van der Waals surface area contributed by atoms with Gasteiger partial charge >= 0.3 is 0 Å². The number of aromatic nitrogens is 1. The predicted molar refractivity (Wildman–Crippen MR) is 114 cm³/mol. The standard InChI is InChI=1S/C23H27N3O3/c1-6-22(2,3)20-15(11-16-21(28)24-12-18(27)25-16)13-7-8-17-14(19(13)26-20)9-10-23(4,5)29-17/h6-10,16,26H,1,11-12H2,2-5H3,(H,24,28)(H,25,27)/t16-/m0/s1. The van der Waals surface area contributed by atoms with Crippen LogP contribution in [-0.4, -0.2) is 35.0 Å². The fraction of sp³-hybridized carbons (Fsp3) is 0.391. The number of benzene rings is 1. The molecule has 3 heterocycles. The third-order valence-electron chi connectivity index (χ3n) is 5.74. The Balaban J connectivity index is 1.88. The Kier molecular flexibility index (Phi) is 4.33. The quantitative estimate of drug-likeness (QED) is 0.699. The fourth-order valence-electron chi connectivity index (χ4n) is 3.99. The minimum absolute atomic E-state index is 0.0274. The lowest BCUT2D eigenvalue weighted by Gasteiger charge is -2.28. The zero-order valence-electron chi connectivity index (χ0n) is 17.3. The molecular weight excluding hydrogens is 366 g/mol. The van der Waals surface area contributed by atoms with Crippen LogP contribution in [0.15, 0.2) is 30.9 Å². The van der Waals surface area contributed by atoms with Crippen LogP contribution in [0.5, 0.6) is 5.75 Å². The molecule has 6 heteroatoms. The maximum Gasteiger partial charge on any atom is 0.243 e. The highest BCUT2D eigenvalue weighted by atomic mass is 16.5. The van der Waals surface area contributed by atoms with Crippen molar-refractivity contribution < 1.29 is 14.3 Å². The molecule has 0 bridgehead atoms. The lowest BCUT2D eigenvalue weighted by molar-refractivity contribution is -0.133. The van der Waals surface area contributed by atoms with Gasteiger partial charge in [0.2, 0.25) is 11.8 Å². The summed E-state index contributed by atoms with van der Waals surface area (Å²) in [4.78, 5) is 27.8. The zero-order valence-corrected chi connectivity index (χ0v) is 17.3. The molecule has 0 radical (unpaired) electrons. The van der Waals surface area contributed by atoms with E-state index in [1.54, 1.807) is 0 Å². The van der Waals surface area contributed by atoms with Crippen LogP contribution in [0.4, 0.5) is 0 Å². The van der Waals surface area contributed by atoms with Crippen LogP contribution >= 0.6 is 0 Å². The number of hydrogen-bond acceptors (Lipinski definition) is 3. The Morgan fingerprint density at radius 2 is 2.07 bits per heavy atom. The molecule has 29 heavy (non-hydrogen) atoms. The minimum atomic E-state index is -0.601. The topological polar surface area (TPSA) is 83.2 Å². The number of nitrogens with one attached hydrogen (secondary N) is 3. The van der Waals surface area contributed by atoms with Gasteiger partial charge in [0.25, 0.3) is 0 Å². The third-order valence-corrected chi connectivity index (χ3v) is 5.74. The molecule has 2 aromatic rings. The first-order valence-corrected chi connectivity index (χ1v) is 9.88. The van der Waals surface area contributed by atoms with E-state index in [0.717, 1.165) is 33.5 Å². The second kappa shape index (κ2) is 6.51. The van der Waals surface area contributed by atoms with E-state index >= 15 is 0 Å². The number of fused-ring (bicyclic) bond motifs is 3. The number of amides is 2. The minimum Gasteiger partial charge on any atom is -0.483 e. The number of allylic oxidation sites excluding steroid dienone is 1. The monoisotopic (exact) mass is 393 g/mol. The van der Waals surface area contributed by atoms with E-state index < -0.39 is 6.04 Å². The lowest BCUT2D eigenvalue weighted by atomic mass is 9.84. The van der Waals surface area contributed by atoms with Crippen molar-refractivity contribution in [3.8, 4) is 5.75 Å². The van der Waals surface area contributed by atoms with Gasteiger partial charge in [0, 0.05) is 28.5 Å². The molecular formula is C23H27N3O3. The molecule has 2 aliphatic rings. The van der Waals surface area contributed by atoms with Crippen molar-refractivity contribution >= 4 is 28.8 Å². The van der Waals surface area contributed by atoms with Crippen LogP contribution in [0.3, 0.4) is 0 Å². The smallest absolute Gasteiger partial charge is 0.243 e. The molecule has 6 nitrogen and oxygen atoms in total. The number of aromatic amines is 1. The molecule has 1 aromatic carbocycles. The van der Waals surface area contributed by atoms with Crippen molar-refractivity contribution in [3.05, 3.63) is 47.7 Å². The Morgan fingerprint density at radius 3 is 2.79 bits per heavy atom. The molecule has 4 rings (SSSR count). The van der Waals surface area contributed by atoms with Crippen molar-refractivity contribution in [2.75, 3.05) is 6.54 Å². The van der Waals surface area contributed by atoms with Crippen molar-refractivity contribution in [1.82, 2.24) is 15.6 Å². The first-order valence-electron chi connectivity index (χ1n) is 9.88. The van der Waals surface area contributed by atoms with E-state index in [-0.39, 0.29) is 29.4 Å². The Bertz CT molecular complexity index is 1060. The van der Waals surface area contributed by atoms with Gasteiger partial charge in [-0.1, -0.05) is 19.9 Å². The summed E-state index contributed by atoms with van der Waals surface area (Å²) < 4.78 is 6.12.